The predicted octanol–water partition coefficient (Wildman–Crippen LogP) is 3.87. The summed E-state index contributed by atoms with van der Waals surface area (Å²) in [7, 11) is -3.64. The van der Waals surface area contributed by atoms with Gasteiger partial charge in [0.1, 0.15) is 5.75 Å². The molecule has 2 aromatic rings. The van der Waals surface area contributed by atoms with E-state index in [0.717, 1.165) is 11.0 Å². The number of sulfonamides is 1. The van der Waals surface area contributed by atoms with Crippen LogP contribution in [0.5, 0.6) is 11.6 Å². The first kappa shape index (κ1) is 16.6. The van der Waals surface area contributed by atoms with Gasteiger partial charge >= 0.3 is 0 Å². The molecule has 0 spiro atoms. The molecule has 4 rings (SSSR count). The summed E-state index contributed by atoms with van der Waals surface area (Å²) in [5.74, 6) is 1.40. The zero-order valence-electron chi connectivity index (χ0n) is 13.3. The van der Waals surface area contributed by atoms with Crippen molar-refractivity contribution >= 4 is 33.0 Å². The number of hydrogen-bond acceptors (Lipinski definition) is 5. The number of ether oxygens (including phenoxy) is 1. The van der Waals surface area contributed by atoms with Gasteiger partial charge in [-0.3, -0.25) is 0 Å². The van der Waals surface area contributed by atoms with Crippen molar-refractivity contribution in [2.24, 2.45) is 4.40 Å². The van der Waals surface area contributed by atoms with E-state index in [4.69, 9.17) is 16.3 Å². The monoisotopic (exact) mass is 385 g/mol. The summed E-state index contributed by atoms with van der Waals surface area (Å²) in [4.78, 5) is 5.69. The van der Waals surface area contributed by atoms with Gasteiger partial charge in [0.25, 0.3) is 10.0 Å². The van der Waals surface area contributed by atoms with E-state index in [1.807, 2.05) is 24.3 Å². The van der Waals surface area contributed by atoms with Gasteiger partial charge in [-0.2, -0.15) is 8.42 Å². The highest BCUT2D eigenvalue weighted by Crippen LogP contribution is 2.31. The maximum atomic E-state index is 11.8. The number of pyridine rings is 1. The third-order valence-electron chi connectivity index (χ3n) is 3.66. The molecule has 0 amide bonds. The van der Waals surface area contributed by atoms with Gasteiger partial charge < -0.3 is 9.64 Å². The quantitative estimate of drug-likeness (QED) is 0.802. The van der Waals surface area contributed by atoms with Crippen LogP contribution in [0.2, 0.25) is 0 Å². The molecular formula is C18H12ClN3O3S. The second-order valence-corrected chi connectivity index (χ2v) is 7.41. The summed E-state index contributed by atoms with van der Waals surface area (Å²) in [6.07, 6.45) is 6.36. The minimum Gasteiger partial charge on any atom is -0.439 e. The summed E-state index contributed by atoms with van der Waals surface area (Å²) in [6, 6.07) is 12.6. The Morgan fingerprint density at radius 2 is 1.88 bits per heavy atom. The largest absolute Gasteiger partial charge is 0.439 e. The molecule has 3 heterocycles. The van der Waals surface area contributed by atoms with Crippen LogP contribution in [0.15, 0.2) is 82.0 Å². The Labute approximate surface area is 155 Å². The maximum absolute atomic E-state index is 11.8. The molecule has 0 radical (unpaired) electrons. The van der Waals surface area contributed by atoms with E-state index in [-0.39, 0.29) is 0 Å². The fourth-order valence-corrected chi connectivity index (χ4v) is 3.51. The summed E-state index contributed by atoms with van der Waals surface area (Å²) in [6.45, 7) is 0. The fraction of sp³-hybridized carbons (Fsp3) is 0. The van der Waals surface area contributed by atoms with Crippen LogP contribution in [-0.2, 0) is 10.0 Å². The highest BCUT2D eigenvalue weighted by Gasteiger charge is 2.25. The summed E-state index contributed by atoms with van der Waals surface area (Å²) in [5.41, 5.74) is 1.37. The molecule has 0 aliphatic carbocycles. The van der Waals surface area contributed by atoms with E-state index in [1.54, 1.807) is 41.6 Å². The number of benzene rings is 1. The zero-order chi connectivity index (χ0) is 18.1. The van der Waals surface area contributed by atoms with Crippen molar-refractivity contribution in [2.75, 3.05) is 0 Å². The highest BCUT2D eigenvalue weighted by molar-refractivity contribution is 7.93. The Balaban J connectivity index is 1.66. The lowest BCUT2D eigenvalue weighted by molar-refractivity contribution is 0.463. The van der Waals surface area contributed by atoms with Crippen molar-refractivity contribution in [1.29, 1.82) is 0 Å². The van der Waals surface area contributed by atoms with Crippen molar-refractivity contribution in [1.82, 2.24) is 9.88 Å². The number of nitrogens with zero attached hydrogens (tertiary/aromatic N) is 3. The van der Waals surface area contributed by atoms with Crippen LogP contribution in [0.25, 0.3) is 5.57 Å². The van der Waals surface area contributed by atoms with Gasteiger partial charge in [0.05, 0.1) is 10.4 Å². The number of amidine groups is 1. The van der Waals surface area contributed by atoms with Crippen molar-refractivity contribution < 1.29 is 13.2 Å². The van der Waals surface area contributed by atoms with E-state index >= 15 is 0 Å². The van der Waals surface area contributed by atoms with Crippen molar-refractivity contribution in [3.63, 3.8) is 0 Å². The van der Waals surface area contributed by atoms with E-state index in [0.29, 0.717) is 28.1 Å². The van der Waals surface area contributed by atoms with Crippen LogP contribution in [0.3, 0.4) is 0 Å². The molecule has 0 bridgehead atoms. The van der Waals surface area contributed by atoms with Gasteiger partial charge in [0.15, 0.2) is 5.84 Å². The lowest BCUT2D eigenvalue weighted by atomic mass is 10.0. The molecule has 0 atom stereocenters. The van der Waals surface area contributed by atoms with Gasteiger partial charge in [-0.15, -0.1) is 4.40 Å². The molecule has 0 unspecified atom stereocenters. The minimum absolute atomic E-state index is 0.301. The molecule has 0 N–H and O–H groups in total. The summed E-state index contributed by atoms with van der Waals surface area (Å²) >= 11 is 6.16. The molecule has 0 saturated heterocycles. The summed E-state index contributed by atoms with van der Waals surface area (Å²) < 4.78 is 33.1. The van der Waals surface area contributed by atoms with Crippen LogP contribution in [0.1, 0.15) is 5.56 Å². The first-order chi connectivity index (χ1) is 12.5. The van der Waals surface area contributed by atoms with Crippen molar-refractivity contribution in [2.45, 2.75) is 0 Å². The first-order valence-electron chi connectivity index (χ1n) is 7.60. The Bertz CT molecular complexity index is 1070. The van der Waals surface area contributed by atoms with Gasteiger partial charge in [-0.05, 0) is 29.8 Å². The van der Waals surface area contributed by atoms with E-state index in [2.05, 4.69) is 9.38 Å². The molecule has 1 aromatic carbocycles. The standard InChI is InChI=1S/C18H12ClN3O3S/c19-14-11-16(18-21-26(23,24)10-9-22(18)12-14)13-4-6-15(7-5-13)25-17-3-1-2-8-20-17/h1-12H. The van der Waals surface area contributed by atoms with Gasteiger partial charge in [-0.1, -0.05) is 29.8 Å². The average Bonchev–Trinajstić information content (AvgIpc) is 2.63. The Hall–Kier alpha value is -2.90. The molecule has 6 nitrogen and oxygen atoms in total. The first-order valence-corrected chi connectivity index (χ1v) is 9.48. The summed E-state index contributed by atoms with van der Waals surface area (Å²) in [5, 5.41) is 1.50. The maximum Gasteiger partial charge on any atom is 0.278 e. The van der Waals surface area contributed by atoms with Crippen LogP contribution >= 0.6 is 11.6 Å². The molecule has 0 saturated carbocycles. The van der Waals surface area contributed by atoms with Crippen LogP contribution in [0.4, 0.5) is 0 Å². The molecule has 2 aliphatic heterocycles. The third-order valence-corrected chi connectivity index (χ3v) is 4.76. The van der Waals surface area contributed by atoms with Gasteiger partial charge in [0.2, 0.25) is 5.88 Å². The second-order valence-electron chi connectivity index (χ2n) is 5.49. The van der Waals surface area contributed by atoms with Gasteiger partial charge in [-0.25, -0.2) is 4.98 Å². The predicted molar refractivity (Wildman–Crippen MR) is 100.0 cm³/mol. The third kappa shape index (κ3) is 3.40. The van der Waals surface area contributed by atoms with Gasteiger partial charge in [0, 0.05) is 30.2 Å². The minimum atomic E-state index is -3.64. The number of rotatable bonds is 3. The fourth-order valence-electron chi connectivity index (χ4n) is 2.52. The highest BCUT2D eigenvalue weighted by atomic mass is 35.5. The Morgan fingerprint density at radius 3 is 2.62 bits per heavy atom. The molecular weight excluding hydrogens is 374 g/mol. The number of halogens is 1. The lowest BCUT2D eigenvalue weighted by Crippen LogP contribution is -2.28. The molecule has 8 heteroatoms. The Morgan fingerprint density at radius 1 is 1.08 bits per heavy atom. The van der Waals surface area contributed by atoms with Crippen LogP contribution in [-0.4, -0.2) is 24.1 Å². The zero-order valence-corrected chi connectivity index (χ0v) is 14.9. The number of allylic oxidation sites excluding steroid dienone is 2. The Kier molecular flexibility index (Phi) is 4.10. The molecule has 26 heavy (non-hydrogen) atoms. The SMILES string of the molecule is O=S1(=O)C=CN2C=C(Cl)C=C(c3ccc(Oc4ccccn4)cc3)C2=N1. The lowest BCUT2D eigenvalue weighted by Gasteiger charge is -2.26. The van der Waals surface area contributed by atoms with Crippen LogP contribution < -0.4 is 4.74 Å². The molecule has 1 aromatic heterocycles. The molecule has 130 valence electrons. The van der Waals surface area contributed by atoms with E-state index < -0.39 is 10.0 Å². The smallest absolute Gasteiger partial charge is 0.278 e. The second kappa shape index (κ2) is 6.44. The van der Waals surface area contributed by atoms with Crippen LogP contribution in [0, 0.1) is 0 Å². The molecule has 0 fully saturated rings. The normalized spacial score (nSPS) is 17.7. The van der Waals surface area contributed by atoms with E-state index in [1.165, 1.54) is 6.20 Å². The number of aromatic nitrogens is 1. The number of fused-ring (bicyclic) bond motifs is 1. The van der Waals surface area contributed by atoms with Crippen molar-refractivity contribution in [3.05, 3.63) is 83.1 Å². The number of hydrogen-bond donors (Lipinski definition) is 0. The van der Waals surface area contributed by atoms with E-state index in [9.17, 15) is 8.42 Å². The van der Waals surface area contributed by atoms with Crippen molar-refractivity contribution in [3.8, 4) is 11.6 Å². The molecule has 2 aliphatic rings. The topological polar surface area (TPSA) is 71.9 Å². The average molecular weight is 386 g/mol.